The Bertz CT molecular complexity index is 844. The SMILES string of the molecule is C=CN=C(CCC)c1ncc(-c2ccccn2)cc1S(=O)(=O)CC. The molecule has 0 amide bonds. The molecule has 5 nitrogen and oxygen atoms in total. The van der Waals surface area contributed by atoms with E-state index in [0.717, 1.165) is 6.42 Å². The third-order valence-corrected chi connectivity index (χ3v) is 5.28. The van der Waals surface area contributed by atoms with Crippen LogP contribution in [-0.2, 0) is 9.84 Å². The van der Waals surface area contributed by atoms with Crippen molar-refractivity contribution in [2.45, 2.75) is 31.6 Å². The van der Waals surface area contributed by atoms with E-state index in [0.29, 0.717) is 29.1 Å². The average molecular weight is 343 g/mol. The Morgan fingerprint density at radius 3 is 2.67 bits per heavy atom. The molecule has 0 spiro atoms. The van der Waals surface area contributed by atoms with Crippen LogP contribution >= 0.6 is 0 Å². The number of nitrogens with zero attached hydrogens (tertiary/aromatic N) is 3. The van der Waals surface area contributed by atoms with Crippen molar-refractivity contribution in [3.05, 3.63) is 55.1 Å². The number of hydrogen-bond acceptors (Lipinski definition) is 5. The number of rotatable bonds is 7. The van der Waals surface area contributed by atoms with Crippen molar-refractivity contribution in [1.82, 2.24) is 9.97 Å². The lowest BCUT2D eigenvalue weighted by atomic mass is 10.1. The molecule has 2 rings (SSSR count). The summed E-state index contributed by atoms with van der Waals surface area (Å²) < 4.78 is 25.2. The molecule has 24 heavy (non-hydrogen) atoms. The maximum Gasteiger partial charge on any atom is 0.180 e. The van der Waals surface area contributed by atoms with Gasteiger partial charge in [0, 0.05) is 24.2 Å². The zero-order chi connectivity index (χ0) is 17.6. The van der Waals surface area contributed by atoms with E-state index in [9.17, 15) is 8.42 Å². The second kappa shape index (κ2) is 7.97. The second-order valence-electron chi connectivity index (χ2n) is 5.20. The molecule has 0 aliphatic carbocycles. The molecule has 2 aromatic rings. The van der Waals surface area contributed by atoms with Crippen LogP contribution in [0.1, 0.15) is 32.4 Å². The summed E-state index contributed by atoms with van der Waals surface area (Å²) >= 11 is 0. The fourth-order valence-corrected chi connectivity index (χ4v) is 3.40. The summed E-state index contributed by atoms with van der Waals surface area (Å²) in [6.45, 7) is 7.24. The Balaban J connectivity index is 2.68. The lowest BCUT2D eigenvalue weighted by Gasteiger charge is -2.12. The highest BCUT2D eigenvalue weighted by atomic mass is 32.2. The smallest absolute Gasteiger partial charge is 0.180 e. The fourth-order valence-electron chi connectivity index (χ4n) is 2.32. The number of aliphatic imine (C=N–C) groups is 1. The highest BCUT2D eigenvalue weighted by Gasteiger charge is 2.22. The average Bonchev–Trinajstić information content (AvgIpc) is 2.62. The monoisotopic (exact) mass is 343 g/mol. The van der Waals surface area contributed by atoms with Crippen LogP contribution < -0.4 is 0 Å². The summed E-state index contributed by atoms with van der Waals surface area (Å²) in [5.41, 5.74) is 2.38. The summed E-state index contributed by atoms with van der Waals surface area (Å²) in [7, 11) is -3.45. The molecule has 0 saturated heterocycles. The van der Waals surface area contributed by atoms with Crippen LogP contribution in [0, 0.1) is 0 Å². The maximum absolute atomic E-state index is 12.6. The first kappa shape index (κ1) is 18.0. The van der Waals surface area contributed by atoms with Crippen molar-refractivity contribution in [1.29, 1.82) is 0 Å². The molecule has 0 fully saturated rings. The summed E-state index contributed by atoms with van der Waals surface area (Å²) in [5, 5.41) is 0. The molecule has 0 aromatic carbocycles. The molecule has 0 aliphatic rings. The molecule has 0 atom stereocenters. The molecule has 0 bridgehead atoms. The highest BCUT2D eigenvalue weighted by molar-refractivity contribution is 7.91. The largest absolute Gasteiger partial charge is 0.260 e. The van der Waals surface area contributed by atoms with Gasteiger partial charge in [-0.3, -0.25) is 15.0 Å². The van der Waals surface area contributed by atoms with Crippen molar-refractivity contribution in [2.75, 3.05) is 5.75 Å². The number of sulfone groups is 1. The van der Waals surface area contributed by atoms with Crippen LogP contribution in [0.4, 0.5) is 0 Å². The Labute approximate surface area is 143 Å². The van der Waals surface area contributed by atoms with Crippen LogP contribution in [0.3, 0.4) is 0 Å². The van der Waals surface area contributed by atoms with E-state index in [1.807, 2.05) is 25.1 Å². The van der Waals surface area contributed by atoms with E-state index < -0.39 is 9.84 Å². The quantitative estimate of drug-likeness (QED) is 0.719. The first-order chi connectivity index (χ1) is 11.5. The molecule has 2 heterocycles. The van der Waals surface area contributed by atoms with Crippen molar-refractivity contribution < 1.29 is 8.42 Å². The zero-order valence-corrected chi connectivity index (χ0v) is 14.8. The zero-order valence-electron chi connectivity index (χ0n) is 13.9. The minimum Gasteiger partial charge on any atom is -0.260 e. The Kier molecular flexibility index (Phi) is 5.98. The summed E-state index contributed by atoms with van der Waals surface area (Å²) in [6.07, 6.45) is 6.19. The van der Waals surface area contributed by atoms with E-state index in [-0.39, 0.29) is 10.6 Å². The van der Waals surface area contributed by atoms with Crippen LogP contribution in [0.2, 0.25) is 0 Å². The second-order valence-corrected chi connectivity index (χ2v) is 7.44. The molecule has 2 aromatic heterocycles. The summed E-state index contributed by atoms with van der Waals surface area (Å²) in [4.78, 5) is 13.1. The van der Waals surface area contributed by atoms with Crippen molar-refractivity contribution in [2.24, 2.45) is 4.99 Å². The topological polar surface area (TPSA) is 72.3 Å². The van der Waals surface area contributed by atoms with E-state index in [1.54, 1.807) is 25.4 Å². The molecular weight excluding hydrogens is 322 g/mol. The van der Waals surface area contributed by atoms with Crippen molar-refractivity contribution in [3.63, 3.8) is 0 Å². The third kappa shape index (κ3) is 3.94. The van der Waals surface area contributed by atoms with Gasteiger partial charge in [0.25, 0.3) is 0 Å². The number of aromatic nitrogens is 2. The van der Waals surface area contributed by atoms with E-state index >= 15 is 0 Å². The molecule has 0 unspecified atom stereocenters. The Hall–Kier alpha value is -2.34. The maximum atomic E-state index is 12.6. The predicted octanol–water partition coefficient (Wildman–Crippen LogP) is 3.67. The van der Waals surface area contributed by atoms with Gasteiger partial charge in [-0.05, 0) is 24.6 Å². The number of hydrogen-bond donors (Lipinski definition) is 0. The predicted molar refractivity (Wildman–Crippen MR) is 96.8 cm³/mol. The van der Waals surface area contributed by atoms with E-state index in [2.05, 4.69) is 21.5 Å². The van der Waals surface area contributed by atoms with Crippen molar-refractivity contribution in [3.8, 4) is 11.3 Å². The normalized spacial score (nSPS) is 12.2. The molecule has 0 saturated carbocycles. The van der Waals surface area contributed by atoms with E-state index in [1.165, 1.54) is 6.20 Å². The van der Waals surface area contributed by atoms with Gasteiger partial charge < -0.3 is 0 Å². The molecule has 6 heteroatoms. The molecule has 0 N–H and O–H groups in total. The first-order valence-electron chi connectivity index (χ1n) is 7.85. The highest BCUT2D eigenvalue weighted by Crippen LogP contribution is 2.24. The molecule has 0 aliphatic heterocycles. The van der Waals surface area contributed by atoms with Crippen LogP contribution in [0.25, 0.3) is 11.3 Å². The molecule has 126 valence electrons. The van der Waals surface area contributed by atoms with Gasteiger partial charge in [-0.2, -0.15) is 0 Å². The van der Waals surface area contributed by atoms with Crippen LogP contribution in [0.15, 0.2) is 59.3 Å². The lowest BCUT2D eigenvalue weighted by Crippen LogP contribution is -2.14. The summed E-state index contributed by atoms with van der Waals surface area (Å²) in [6, 6.07) is 7.12. The van der Waals surface area contributed by atoms with Gasteiger partial charge in [0.15, 0.2) is 9.84 Å². The van der Waals surface area contributed by atoms with Gasteiger partial charge in [0.05, 0.1) is 22.1 Å². The van der Waals surface area contributed by atoms with Gasteiger partial charge in [-0.25, -0.2) is 8.42 Å². The number of pyridine rings is 2. The fraction of sp³-hybridized carbons (Fsp3) is 0.278. The first-order valence-corrected chi connectivity index (χ1v) is 9.50. The third-order valence-electron chi connectivity index (χ3n) is 3.54. The summed E-state index contributed by atoms with van der Waals surface area (Å²) in [5.74, 6) is 0.000839. The van der Waals surface area contributed by atoms with Crippen LogP contribution in [-0.4, -0.2) is 29.9 Å². The van der Waals surface area contributed by atoms with Gasteiger partial charge in [-0.1, -0.05) is 32.9 Å². The van der Waals surface area contributed by atoms with Gasteiger partial charge in [0.1, 0.15) is 5.69 Å². The van der Waals surface area contributed by atoms with E-state index in [4.69, 9.17) is 0 Å². The minimum absolute atomic E-state index is 0.000839. The van der Waals surface area contributed by atoms with Crippen molar-refractivity contribution >= 4 is 15.5 Å². The Morgan fingerprint density at radius 1 is 1.29 bits per heavy atom. The minimum atomic E-state index is -3.45. The van der Waals surface area contributed by atoms with Gasteiger partial charge >= 0.3 is 0 Å². The van der Waals surface area contributed by atoms with Gasteiger partial charge in [-0.15, -0.1) is 0 Å². The lowest BCUT2D eigenvalue weighted by molar-refractivity contribution is 0.596. The molecule has 0 radical (unpaired) electrons. The van der Waals surface area contributed by atoms with Crippen LogP contribution in [0.5, 0.6) is 0 Å². The standard InChI is InChI=1S/C18H21N3O2S/c1-4-9-16(19-5-2)18-17(24(22,23)6-3)12-14(13-21-18)15-10-7-8-11-20-15/h5,7-8,10-13H,2,4,6,9H2,1,3H3. The molecular formula is C18H21N3O2S. The Morgan fingerprint density at radius 2 is 2.08 bits per heavy atom. The van der Waals surface area contributed by atoms with Gasteiger partial charge in [0.2, 0.25) is 0 Å².